The van der Waals surface area contributed by atoms with E-state index in [4.69, 9.17) is 5.73 Å². The number of nitrogens with zero attached hydrogens (tertiary/aromatic N) is 3. The van der Waals surface area contributed by atoms with Gasteiger partial charge in [-0.15, -0.1) is 10.2 Å². The number of piperidine rings is 1. The molecular formula is C17H20N4O2. The Morgan fingerprint density at radius 3 is 2.39 bits per heavy atom. The van der Waals surface area contributed by atoms with Crippen molar-refractivity contribution in [3.63, 3.8) is 0 Å². The summed E-state index contributed by atoms with van der Waals surface area (Å²) in [6.45, 7) is 2.76. The minimum atomic E-state index is -0.578. The SMILES string of the molecule is NC(=O)c1ccc(-c2ccc(CN3CCC(O)CC3)cc2)nn1. The van der Waals surface area contributed by atoms with Gasteiger partial charge >= 0.3 is 0 Å². The maximum absolute atomic E-state index is 11.0. The van der Waals surface area contributed by atoms with Gasteiger partial charge in [-0.25, -0.2) is 0 Å². The molecule has 120 valence electrons. The Labute approximate surface area is 135 Å². The van der Waals surface area contributed by atoms with E-state index in [2.05, 4.69) is 27.2 Å². The number of amides is 1. The largest absolute Gasteiger partial charge is 0.393 e. The third kappa shape index (κ3) is 3.91. The van der Waals surface area contributed by atoms with Crippen molar-refractivity contribution >= 4 is 5.91 Å². The Hall–Kier alpha value is -2.31. The number of hydrogen-bond acceptors (Lipinski definition) is 5. The highest BCUT2D eigenvalue weighted by atomic mass is 16.3. The quantitative estimate of drug-likeness (QED) is 0.885. The monoisotopic (exact) mass is 312 g/mol. The molecule has 2 aromatic rings. The lowest BCUT2D eigenvalue weighted by Gasteiger charge is -2.29. The van der Waals surface area contributed by atoms with Crippen molar-refractivity contribution < 1.29 is 9.90 Å². The molecule has 0 saturated carbocycles. The lowest BCUT2D eigenvalue weighted by molar-refractivity contribution is 0.0792. The van der Waals surface area contributed by atoms with Gasteiger partial charge in [0, 0.05) is 25.2 Å². The van der Waals surface area contributed by atoms with Gasteiger partial charge in [-0.05, 0) is 30.5 Å². The van der Waals surface area contributed by atoms with E-state index in [0.717, 1.165) is 38.0 Å². The molecule has 23 heavy (non-hydrogen) atoms. The lowest BCUT2D eigenvalue weighted by atomic mass is 10.1. The predicted molar refractivity (Wildman–Crippen MR) is 86.5 cm³/mol. The third-order valence-electron chi connectivity index (χ3n) is 4.13. The molecule has 1 fully saturated rings. The number of nitrogens with two attached hydrogens (primary N) is 1. The van der Waals surface area contributed by atoms with Crippen LogP contribution < -0.4 is 5.73 Å². The molecule has 0 aliphatic carbocycles. The molecule has 1 aliphatic heterocycles. The topological polar surface area (TPSA) is 92.3 Å². The van der Waals surface area contributed by atoms with E-state index >= 15 is 0 Å². The van der Waals surface area contributed by atoms with Crippen LogP contribution in [0.3, 0.4) is 0 Å². The number of hydrogen-bond donors (Lipinski definition) is 2. The van der Waals surface area contributed by atoms with Gasteiger partial charge in [0.25, 0.3) is 5.91 Å². The summed E-state index contributed by atoms with van der Waals surface area (Å²) in [4.78, 5) is 13.4. The standard InChI is InChI=1S/C17H20N4O2/c18-17(23)16-6-5-15(19-20-16)13-3-1-12(2-4-13)11-21-9-7-14(22)8-10-21/h1-6,14,22H,7-11H2,(H2,18,23). The second kappa shape index (κ2) is 6.85. The van der Waals surface area contributed by atoms with Gasteiger partial charge in [0.05, 0.1) is 11.8 Å². The first-order valence-corrected chi connectivity index (χ1v) is 7.75. The minimum Gasteiger partial charge on any atom is -0.393 e. The van der Waals surface area contributed by atoms with E-state index in [1.165, 1.54) is 5.56 Å². The highest BCUT2D eigenvalue weighted by molar-refractivity contribution is 5.90. The van der Waals surface area contributed by atoms with Crippen LogP contribution in [0.1, 0.15) is 28.9 Å². The zero-order valence-electron chi connectivity index (χ0n) is 12.9. The van der Waals surface area contributed by atoms with Crippen LogP contribution in [0.5, 0.6) is 0 Å². The first-order valence-electron chi connectivity index (χ1n) is 7.75. The highest BCUT2D eigenvalue weighted by Gasteiger charge is 2.16. The minimum absolute atomic E-state index is 0.143. The van der Waals surface area contributed by atoms with Crippen molar-refractivity contribution in [2.75, 3.05) is 13.1 Å². The normalized spacial score (nSPS) is 16.4. The summed E-state index contributed by atoms with van der Waals surface area (Å²) < 4.78 is 0. The molecule has 1 aromatic carbocycles. The molecule has 1 aromatic heterocycles. The number of aliphatic hydroxyl groups is 1. The van der Waals surface area contributed by atoms with E-state index in [9.17, 15) is 9.90 Å². The molecule has 1 amide bonds. The molecular weight excluding hydrogens is 292 g/mol. The summed E-state index contributed by atoms with van der Waals surface area (Å²) in [7, 11) is 0. The summed E-state index contributed by atoms with van der Waals surface area (Å²) in [5, 5.41) is 17.4. The number of aromatic nitrogens is 2. The van der Waals surface area contributed by atoms with Gasteiger partial charge in [0.2, 0.25) is 0 Å². The van der Waals surface area contributed by atoms with Gasteiger partial charge in [-0.2, -0.15) is 0 Å². The fraction of sp³-hybridized carbons (Fsp3) is 0.353. The summed E-state index contributed by atoms with van der Waals surface area (Å²) >= 11 is 0. The fourth-order valence-corrected chi connectivity index (χ4v) is 2.73. The van der Waals surface area contributed by atoms with Crippen molar-refractivity contribution in [2.24, 2.45) is 5.73 Å². The molecule has 3 rings (SSSR count). The van der Waals surface area contributed by atoms with Crippen LogP contribution in [0.25, 0.3) is 11.3 Å². The number of carbonyl (C=O) groups excluding carboxylic acids is 1. The maximum atomic E-state index is 11.0. The number of rotatable bonds is 4. The number of carbonyl (C=O) groups is 1. The van der Waals surface area contributed by atoms with Gasteiger partial charge < -0.3 is 10.8 Å². The van der Waals surface area contributed by atoms with Gasteiger partial charge in [0.15, 0.2) is 5.69 Å². The molecule has 0 bridgehead atoms. The lowest BCUT2D eigenvalue weighted by Crippen LogP contribution is -2.35. The van der Waals surface area contributed by atoms with Gasteiger partial charge in [-0.1, -0.05) is 24.3 Å². The average molecular weight is 312 g/mol. The van der Waals surface area contributed by atoms with E-state index < -0.39 is 5.91 Å². The molecule has 6 nitrogen and oxygen atoms in total. The Bertz CT molecular complexity index is 662. The van der Waals surface area contributed by atoms with Crippen molar-refractivity contribution in [1.29, 1.82) is 0 Å². The highest BCUT2D eigenvalue weighted by Crippen LogP contribution is 2.19. The molecule has 0 spiro atoms. The van der Waals surface area contributed by atoms with Crippen LogP contribution in [-0.4, -0.2) is 45.3 Å². The summed E-state index contributed by atoms with van der Waals surface area (Å²) in [6, 6.07) is 11.5. The summed E-state index contributed by atoms with van der Waals surface area (Å²) in [5.74, 6) is -0.578. The molecule has 0 radical (unpaired) electrons. The second-order valence-electron chi connectivity index (χ2n) is 5.87. The zero-order chi connectivity index (χ0) is 16.2. The van der Waals surface area contributed by atoms with E-state index in [0.29, 0.717) is 5.69 Å². The first-order chi connectivity index (χ1) is 11.1. The molecule has 1 saturated heterocycles. The van der Waals surface area contributed by atoms with Crippen molar-refractivity contribution in [3.8, 4) is 11.3 Å². The van der Waals surface area contributed by atoms with Crippen molar-refractivity contribution in [3.05, 3.63) is 47.7 Å². The molecule has 2 heterocycles. The number of aliphatic hydroxyl groups excluding tert-OH is 1. The average Bonchev–Trinajstić information content (AvgIpc) is 2.58. The molecule has 0 unspecified atom stereocenters. The Morgan fingerprint density at radius 1 is 1.13 bits per heavy atom. The van der Waals surface area contributed by atoms with Crippen LogP contribution in [0.4, 0.5) is 0 Å². The second-order valence-corrected chi connectivity index (χ2v) is 5.87. The Balaban J connectivity index is 1.65. The van der Waals surface area contributed by atoms with Gasteiger partial charge in [-0.3, -0.25) is 9.69 Å². The van der Waals surface area contributed by atoms with E-state index in [1.54, 1.807) is 12.1 Å². The summed E-state index contributed by atoms with van der Waals surface area (Å²) in [6.07, 6.45) is 1.55. The molecule has 3 N–H and O–H groups in total. The molecule has 0 atom stereocenters. The number of primary amides is 1. The van der Waals surface area contributed by atoms with Crippen LogP contribution >= 0.6 is 0 Å². The summed E-state index contributed by atoms with van der Waals surface area (Å²) in [5.41, 5.74) is 8.21. The van der Waals surface area contributed by atoms with E-state index in [1.807, 2.05) is 12.1 Å². The van der Waals surface area contributed by atoms with Crippen LogP contribution in [-0.2, 0) is 6.54 Å². The smallest absolute Gasteiger partial charge is 0.269 e. The maximum Gasteiger partial charge on any atom is 0.269 e. The Morgan fingerprint density at radius 2 is 1.83 bits per heavy atom. The number of benzene rings is 1. The van der Waals surface area contributed by atoms with E-state index in [-0.39, 0.29) is 11.8 Å². The van der Waals surface area contributed by atoms with Crippen molar-refractivity contribution in [1.82, 2.24) is 15.1 Å². The molecule has 6 heteroatoms. The fourth-order valence-electron chi connectivity index (χ4n) is 2.73. The van der Waals surface area contributed by atoms with Crippen molar-refractivity contribution in [2.45, 2.75) is 25.5 Å². The van der Waals surface area contributed by atoms with Crippen LogP contribution in [0, 0.1) is 0 Å². The van der Waals surface area contributed by atoms with Crippen LogP contribution in [0.2, 0.25) is 0 Å². The Kier molecular flexibility index (Phi) is 4.64. The van der Waals surface area contributed by atoms with Gasteiger partial charge in [0.1, 0.15) is 0 Å². The third-order valence-corrected chi connectivity index (χ3v) is 4.13. The number of likely N-dealkylation sites (tertiary alicyclic amines) is 1. The zero-order valence-corrected chi connectivity index (χ0v) is 12.9. The molecule has 1 aliphatic rings. The van der Waals surface area contributed by atoms with Crippen LogP contribution in [0.15, 0.2) is 36.4 Å². The first kappa shape index (κ1) is 15.6. The predicted octanol–water partition coefficient (Wildman–Crippen LogP) is 1.20.